The maximum absolute atomic E-state index is 5.92. The van der Waals surface area contributed by atoms with Crippen molar-refractivity contribution in [2.75, 3.05) is 12.5 Å². The Bertz CT molecular complexity index is 294. The van der Waals surface area contributed by atoms with Crippen LogP contribution in [0.4, 0.5) is 0 Å². The van der Waals surface area contributed by atoms with E-state index < -0.39 is 0 Å². The first-order valence-corrected chi connectivity index (χ1v) is 5.43. The van der Waals surface area contributed by atoms with Gasteiger partial charge in [-0.25, -0.2) is 0 Å². The predicted octanol–water partition coefficient (Wildman–Crippen LogP) is 3.60. The quantitative estimate of drug-likeness (QED) is 0.693. The highest BCUT2D eigenvalue weighted by Gasteiger charge is 2.19. The number of hydrogen-bond acceptors (Lipinski definition) is 1. The molecule has 0 N–H and O–H groups in total. The standard InChI is InChI=1S/C12H17ClO/c1-4-14-11-7-5-6-10(8-11)12(2,3)9-13/h5-8H,4,9H2,1-3H3. The van der Waals surface area contributed by atoms with Crippen LogP contribution in [-0.2, 0) is 5.41 Å². The van der Waals surface area contributed by atoms with E-state index >= 15 is 0 Å². The van der Waals surface area contributed by atoms with Crippen LogP contribution in [0.25, 0.3) is 0 Å². The molecule has 78 valence electrons. The zero-order chi connectivity index (χ0) is 10.6. The van der Waals surface area contributed by atoms with Gasteiger partial charge < -0.3 is 4.74 Å². The molecule has 0 aromatic heterocycles. The summed E-state index contributed by atoms with van der Waals surface area (Å²) in [6, 6.07) is 8.13. The van der Waals surface area contributed by atoms with Gasteiger partial charge in [-0.2, -0.15) is 0 Å². The fraction of sp³-hybridized carbons (Fsp3) is 0.500. The fourth-order valence-electron chi connectivity index (χ4n) is 1.25. The third kappa shape index (κ3) is 2.65. The van der Waals surface area contributed by atoms with Gasteiger partial charge in [0.2, 0.25) is 0 Å². The smallest absolute Gasteiger partial charge is 0.119 e. The number of halogens is 1. The molecule has 0 radical (unpaired) electrons. The summed E-state index contributed by atoms with van der Waals surface area (Å²) in [5, 5.41) is 0. The highest BCUT2D eigenvalue weighted by molar-refractivity contribution is 6.18. The molecule has 1 nitrogen and oxygen atoms in total. The molecule has 0 amide bonds. The van der Waals surface area contributed by atoms with Crippen molar-refractivity contribution < 1.29 is 4.74 Å². The molecule has 0 aliphatic heterocycles. The van der Waals surface area contributed by atoms with E-state index in [4.69, 9.17) is 16.3 Å². The first kappa shape index (κ1) is 11.4. The molecular formula is C12H17ClO. The Balaban J connectivity index is 2.93. The van der Waals surface area contributed by atoms with Gasteiger partial charge in [-0.3, -0.25) is 0 Å². The molecule has 0 fully saturated rings. The van der Waals surface area contributed by atoms with E-state index in [1.54, 1.807) is 0 Å². The van der Waals surface area contributed by atoms with Crippen molar-refractivity contribution in [3.8, 4) is 5.75 Å². The highest BCUT2D eigenvalue weighted by atomic mass is 35.5. The molecule has 1 aromatic carbocycles. The Morgan fingerprint density at radius 1 is 1.36 bits per heavy atom. The lowest BCUT2D eigenvalue weighted by Crippen LogP contribution is -2.18. The van der Waals surface area contributed by atoms with Gasteiger partial charge in [0.25, 0.3) is 0 Å². The van der Waals surface area contributed by atoms with Crippen LogP contribution >= 0.6 is 11.6 Å². The van der Waals surface area contributed by atoms with Gasteiger partial charge in [0.1, 0.15) is 5.75 Å². The van der Waals surface area contributed by atoms with Crippen molar-refractivity contribution >= 4 is 11.6 Å². The molecule has 14 heavy (non-hydrogen) atoms. The van der Waals surface area contributed by atoms with Gasteiger partial charge in [-0.05, 0) is 24.6 Å². The minimum atomic E-state index is 0.00860. The average molecular weight is 213 g/mol. The second kappa shape index (κ2) is 4.70. The summed E-state index contributed by atoms with van der Waals surface area (Å²) in [6.07, 6.45) is 0. The summed E-state index contributed by atoms with van der Waals surface area (Å²) in [6.45, 7) is 6.94. The Hall–Kier alpha value is -0.690. The van der Waals surface area contributed by atoms with Crippen LogP contribution in [0.15, 0.2) is 24.3 Å². The van der Waals surface area contributed by atoms with Gasteiger partial charge >= 0.3 is 0 Å². The topological polar surface area (TPSA) is 9.23 Å². The lowest BCUT2D eigenvalue weighted by atomic mass is 9.87. The minimum absolute atomic E-state index is 0.00860. The summed E-state index contributed by atoms with van der Waals surface area (Å²) < 4.78 is 5.44. The molecule has 0 spiro atoms. The second-order valence-electron chi connectivity index (χ2n) is 3.98. The third-order valence-electron chi connectivity index (χ3n) is 2.26. The normalized spacial score (nSPS) is 11.4. The van der Waals surface area contributed by atoms with E-state index in [0.29, 0.717) is 12.5 Å². The van der Waals surface area contributed by atoms with Crippen LogP contribution < -0.4 is 4.74 Å². The zero-order valence-corrected chi connectivity index (χ0v) is 9.77. The summed E-state index contributed by atoms with van der Waals surface area (Å²) in [5.41, 5.74) is 1.23. The second-order valence-corrected chi connectivity index (χ2v) is 4.25. The van der Waals surface area contributed by atoms with Crippen molar-refractivity contribution in [2.24, 2.45) is 0 Å². The molecule has 0 atom stereocenters. The van der Waals surface area contributed by atoms with E-state index in [9.17, 15) is 0 Å². The molecule has 0 bridgehead atoms. The minimum Gasteiger partial charge on any atom is -0.494 e. The summed E-state index contributed by atoms with van der Waals surface area (Å²) in [4.78, 5) is 0. The summed E-state index contributed by atoms with van der Waals surface area (Å²) in [5.74, 6) is 1.53. The number of alkyl halides is 1. The molecular weight excluding hydrogens is 196 g/mol. The van der Waals surface area contributed by atoms with Crippen LogP contribution in [0.3, 0.4) is 0 Å². The molecule has 0 saturated carbocycles. The molecule has 0 aliphatic rings. The SMILES string of the molecule is CCOc1cccc(C(C)(C)CCl)c1. The highest BCUT2D eigenvalue weighted by Crippen LogP contribution is 2.27. The van der Waals surface area contributed by atoms with Gasteiger partial charge in [0.15, 0.2) is 0 Å². The van der Waals surface area contributed by atoms with Crippen LogP contribution in [0.5, 0.6) is 5.75 Å². The Labute approximate surface area is 91.0 Å². The van der Waals surface area contributed by atoms with Gasteiger partial charge in [-0.15, -0.1) is 11.6 Å². The van der Waals surface area contributed by atoms with Gasteiger partial charge in [-0.1, -0.05) is 26.0 Å². The molecule has 1 rings (SSSR count). The number of hydrogen-bond donors (Lipinski definition) is 0. The molecule has 0 aliphatic carbocycles. The first-order chi connectivity index (χ1) is 6.60. The van der Waals surface area contributed by atoms with E-state index in [0.717, 1.165) is 5.75 Å². The Kier molecular flexibility index (Phi) is 3.82. The van der Waals surface area contributed by atoms with Gasteiger partial charge in [0, 0.05) is 11.3 Å². The van der Waals surface area contributed by atoms with Crippen LogP contribution in [0.1, 0.15) is 26.3 Å². The number of rotatable bonds is 4. The first-order valence-electron chi connectivity index (χ1n) is 4.89. The fourth-order valence-corrected chi connectivity index (χ4v) is 1.40. The molecule has 2 heteroatoms. The third-order valence-corrected chi connectivity index (χ3v) is 2.93. The predicted molar refractivity (Wildman–Crippen MR) is 61.4 cm³/mol. The van der Waals surface area contributed by atoms with E-state index in [1.807, 2.05) is 19.1 Å². The van der Waals surface area contributed by atoms with Crippen LogP contribution in [0.2, 0.25) is 0 Å². The van der Waals surface area contributed by atoms with Crippen LogP contribution in [-0.4, -0.2) is 12.5 Å². The monoisotopic (exact) mass is 212 g/mol. The van der Waals surface area contributed by atoms with Crippen molar-refractivity contribution in [3.05, 3.63) is 29.8 Å². The summed E-state index contributed by atoms with van der Waals surface area (Å²) >= 11 is 5.92. The van der Waals surface area contributed by atoms with Crippen molar-refractivity contribution in [1.82, 2.24) is 0 Å². The molecule has 0 saturated heterocycles. The van der Waals surface area contributed by atoms with Crippen molar-refractivity contribution in [1.29, 1.82) is 0 Å². The zero-order valence-electron chi connectivity index (χ0n) is 9.01. The van der Waals surface area contributed by atoms with Crippen molar-refractivity contribution in [2.45, 2.75) is 26.2 Å². The van der Waals surface area contributed by atoms with E-state index in [1.165, 1.54) is 5.56 Å². The number of ether oxygens (including phenoxy) is 1. The van der Waals surface area contributed by atoms with E-state index in [-0.39, 0.29) is 5.41 Å². The Morgan fingerprint density at radius 2 is 2.07 bits per heavy atom. The maximum atomic E-state index is 5.92. The van der Waals surface area contributed by atoms with Gasteiger partial charge in [0.05, 0.1) is 6.61 Å². The molecule has 1 aromatic rings. The average Bonchev–Trinajstić information content (AvgIpc) is 2.19. The maximum Gasteiger partial charge on any atom is 0.119 e. The van der Waals surface area contributed by atoms with E-state index in [2.05, 4.69) is 26.0 Å². The largest absolute Gasteiger partial charge is 0.494 e. The van der Waals surface area contributed by atoms with Crippen molar-refractivity contribution in [3.63, 3.8) is 0 Å². The number of benzene rings is 1. The Morgan fingerprint density at radius 3 is 2.64 bits per heavy atom. The summed E-state index contributed by atoms with van der Waals surface area (Å²) in [7, 11) is 0. The van der Waals surface area contributed by atoms with Crippen LogP contribution in [0, 0.1) is 0 Å². The lowest BCUT2D eigenvalue weighted by Gasteiger charge is -2.22. The molecule has 0 heterocycles. The lowest BCUT2D eigenvalue weighted by molar-refractivity contribution is 0.339. The molecule has 0 unspecified atom stereocenters.